The summed E-state index contributed by atoms with van der Waals surface area (Å²) >= 11 is 0. The Kier molecular flexibility index (Phi) is 5.26. The maximum atomic E-state index is 12.3. The summed E-state index contributed by atoms with van der Waals surface area (Å²) in [6.07, 6.45) is 6.83. The van der Waals surface area contributed by atoms with E-state index in [2.05, 4.69) is 12.2 Å². The summed E-state index contributed by atoms with van der Waals surface area (Å²) in [4.78, 5) is 25.3. The van der Waals surface area contributed by atoms with E-state index in [4.69, 9.17) is 0 Å². The van der Waals surface area contributed by atoms with Crippen molar-refractivity contribution < 1.29 is 14.7 Å². The van der Waals surface area contributed by atoms with Gasteiger partial charge in [0.15, 0.2) is 0 Å². The molecule has 1 saturated carbocycles. The van der Waals surface area contributed by atoms with Gasteiger partial charge in [0.25, 0.3) is 0 Å². The number of likely N-dealkylation sites (tertiary alicyclic amines) is 1. The Bertz CT molecular complexity index is 359. The van der Waals surface area contributed by atoms with Crippen molar-refractivity contribution in [1.29, 1.82) is 0 Å². The van der Waals surface area contributed by atoms with Crippen LogP contribution in [0.4, 0.5) is 4.79 Å². The zero-order chi connectivity index (χ0) is 14.5. The molecular formula is C15H26N2O3. The number of hydrogen-bond acceptors (Lipinski definition) is 2. The van der Waals surface area contributed by atoms with E-state index in [0.29, 0.717) is 12.3 Å². The molecule has 114 valence electrons. The van der Waals surface area contributed by atoms with E-state index in [-0.39, 0.29) is 12.1 Å². The number of carboxylic acid groups (broad SMARTS) is 1. The normalized spacial score (nSPS) is 30.2. The second kappa shape index (κ2) is 6.95. The predicted molar refractivity (Wildman–Crippen MR) is 76.5 cm³/mol. The summed E-state index contributed by atoms with van der Waals surface area (Å²) in [6.45, 7) is 3.80. The Morgan fingerprint density at radius 1 is 1.25 bits per heavy atom. The largest absolute Gasteiger partial charge is 0.481 e. The van der Waals surface area contributed by atoms with Crippen molar-refractivity contribution in [2.45, 2.75) is 57.9 Å². The van der Waals surface area contributed by atoms with Gasteiger partial charge in [-0.05, 0) is 31.6 Å². The van der Waals surface area contributed by atoms with Crippen molar-refractivity contribution >= 4 is 12.0 Å². The molecule has 5 nitrogen and oxygen atoms in total. The van der Waals surface area contributed by atoms with Crippen LogP contribution >= 0.6 is 0 Å². The maximum Gasteiger partial charge on any atom is 0.317 e. The summed E-state index contributed by atoms with van der Waals surface area (Å²) in [6, 6.07) is -0.263. The maximum absolute atomic E-state index is 12.3. The molecule has 0 aromatic heterocycles. The molecule has 0 spiro atoms. The van der Waals surface area contributed by atoms with Gasteiger partial charge in [0.1, 0.15) is 0 Å². The minimum Gasteiger partial charge on any atom is -0.481 e. The Morgan fingerprint density at radius 2 is 2.00 bits per heavy atom. The predicted octanol–water partition coefficient (Wildman–Crippen LogP) is 2.46. The fraction of sp³-hybridized carbons (Fsp3) is 0.867. The van der Waals surface area contributed by atoms with Gasteiger partial charge in [-0.15, -0.1) is 0 Å². The van der Waals surface area contributed by atoms with Crippen LogP contribution in [0, 0.1) is 11.8 Å². The molecule has 1 saturated heterocycles. The van der Waals surface area contributed by atoms with E-state index in [1.165, 1.54) is 6.42 Å². The monoisotopic (exact) mass is 282 g/mol. The zero-order valence-corrected chi connectivity index (χ0v) is 12.3. The first-order valence-electron chi connectivity index (χ1n) is 7.90. The number of aliphatic carboxylic acids is 1. The minimum absolute atomic E-state index is 0.0678. The highest BCUT2D eigenvalue weighted by atomic mass is 16.4. The van der Waals surface area contributed by atoms with E-state index in [1.807, 2.05) is 4.90 Å². The van der Waals surface area contributed by atoms with Gasteiger partial charge in [-0.3, -0.25) is 4.79 Å². The van der Waals surface area contributed by atoms with Crippen LogP contribution in [0.3, 0.4) is 0 Å². The third-order valence-electron chi connectivity index (χ3n) is 4.66. The van der Waals surface area contributed by atoms with E-state index < -0.39 is 11.9 Å². The first kappa shape index (κ1) is 15.1. The van der Waals surface area contributed by atoms with Gasteiger partial charge in [-0.1, -0.05) is 26.2 Å². The summed E-state index contributed by atoms with van der Waals surface area (Å²) in [5.41, 5.74) is 0. The molecular weight excluding hydrogens is 256 g/mol. The van der Waals surface area contributed by atoms with Crippen LogP contribution in [0.5, 0.6) is 0 Å². The summed E-state index contributed by atoms with van der Waals surface area (Å²) in [5, 5.41) is 12.2. The smallest absolute Gasteiger partial charge is 0.317 e. The highest BCUT2D eigenvalue weighted by Gasteiger charge is 2.34. The lowest BCUT2D eigenvalue weighted by molar-refractivity contribution is -0.143. The molecule has 1 aliphatic carbocycles. The van der Waals surface area contributed by atoms with E-state index >= 15 is 0 Å². The number of nitrogens with zero attached hydrogens (tertiary/aromatic N) is 1. The zero-order valence-electron chi connectivity index (χ0n) is 12.3. The third-order valence-corrected chi connectivity index (χ3v) is 4.66. The van der Waals surface area contributed by atoms with E-state index in [0.717, 1.165) is 45.2 Å². The van der Waals surface area contributed by atoms with Crippen LogP contribution in [-0.4, -0.2) is 41.1 Å². The molecule has 20 heavy (non-hydrogen) atoms. The first-order chi connectivity index (χ1) is 9.61. The van der Waals surface area contributed by atoms with Gasteiger partial charge >= 0.3 is 12.0 Å². The number of carbonyl (C=O) groups excluding carboxylic acids is 1. The Balaban J connectivity index is 1.85. The molecule has 2 N–H and O–H groups in total. The summed E-state index contributed by atoms with van der Waals surface area (Å²) in [5.74, 6) is -0.575. The lowest BCUT2D eigenvalue weighted by atomic mass is 9.84. The van der Waals surface area contributed by atoms with Crippen LogP contribution in [0.25, 0.3) is 0 Å². The number of carbonyl (C=O) groups is 2. The van der Waals surface area contributed by atoms with Gasteiger partial charge in [0.05, 0.1) is 5.92 Å². The van der Waals surface area contributed by atoms with Gasteiger partial charge in [0, 0.05) is 19.1 Å². The Labute approximate surface area is 120 Å². The molecule has 0 aromatic carbocycles. The van der Waals surface area contributed by atoms with Gasteiger partial charge < -0.3 is 15.3 Å². The molecule has 2 amide bonds. The molecule has 0 aromatic rings. The molecule has 2 rings (SSSR count). The van der Waals surface area contributed by atoms with Gasteiger partial charge in [-0.25, -0.2) is 4.79 Å². The molecule has 0 bridgehead atoms. The van der Waals surface area contributed by atoms with Crippen molar-refractivity contribution in [2.75, 3.05) is 13.1 Å². The molecule has 5 heteroatoms. The quantitative estimate of drug-likeness (QED) is 0.832. The number of urea groups is 1. The number of amides is 2. The molecule has 1 heterocycles. The summed E-state index contributed by atoms with van der Waals surface area (Å²) in [7, 11) is 0. The average Bonchev–Trinajstić information content (AvgIpc) is 2.88. The average molecular weight is 282 g/mol. The Hall–Kier alpha value is -1.26. The third kappa shape index (κ3) is 3.64. The second-order valence-electron chi connectivity index (χ2n) is 6.17. The number of rotatable bonds is 4. The number of nitrogens with one attached hydrogen (secondary N) is 1. The fourth-order valence-electron chi connectivity index (χ4n) is 3.51. The van der Waals surface area contributed by atoms with Crippen molar-refractivity contribution in [2.24, 2.45) is 11.8 Å². The van der Waals surface area contributed by atoms with Crippen molar-refractivity contribution in [3.8, 4) is 0 Å². The van der Waals surface area contributed by atoms with Crippen LogP contribution in [-0.2, 0) is 4.79 Å². The molecule has 3 atom stereocenters. The number of hydrogen-bond donors (Lipinski definition) is 2. The van der Waals surface area contributed by atoms with Crippen molar-refractivity contribution in [1.82, 2.24) is 10.2 Å². The molecule has 1 aliphatic heterocycles. The van der Waals surface area contributed by atoms with Gasteiger partial charge in [0.2, 0.25) is 0 Å². The SMILES string of the molecule is CCCC1CCN(C(=O)NC2CCCCC2C(=O)O)C1. The van der Waals surface area contributed by atoms with Crippen LogP contribution in [0.2, 0.25) is 0 Å². The van der Waals surface area contributed by atoms with Crippen molar-refractivity contribution in [3.63, 3.8) is 0 Å². The molecule has 3 unspecified atom stereocenters. The molecule has 0 radical (unpaired) electrons. The lowest BCUT2D eigenvalue weighted by Crippen LogP contribution is -2.49. The van der Waals surface area contributed by atoms with Crippen molar-refractivity contribution in [3.05, 3.63) is 0 Å². The van der Waals surface area contributed by atoms with E-state index in [9.17, 15) is 14.7 Å². The standard InChI is InChI=1S/C15H26N2O3/c1-2-5-11-8-9-17(10-11)15(20)16-13-7-4-3-6-12(13)14(18)19/h11-13H,2-10H2,1H3,(H,16,20)(H,18,19). The highest BCUT2D eigenvalue weighted by molar-refractivity contribution is 5.77. The summed E-state index contributed by atoms with van der Waals surface area (Å²) < 4.78 is 0. The molecule has 2 aliphatic rings. The Morgan fingerprint density at radius 3 is 2.70 bits per heavy atom. The van der Waals surface area contributed by atoms with Crippen LogP contribution < -0.4 is 5.32 Å². The van der Waals surface area contributed by atoms with Crippen LogP contribution in [0.15, 0.2) is 0 Å². The minimum atomic E-state index is -0.778. The second-order valence-corrected chi connectivity index (χ2v) is 6.17. The topological polar surface area (TPSA) is 69.6 Å². The first-order valence-corrected chi connectivity index (χ1v) is 7.90. The number of carboxylic acids is 1. The van der Waals surface area contributed by atoms with E-state index in [1.54, 1.807) is 0 Å². The lowest BCUT2D eigenvalue weighted by Gasteiger charge is -2.31. The fourth-order valence-corrected chi connectivity index (χ4v) is 3.51. The van der Waals surface area contributed by atoms with Crippen LogP contribution in [0.1, 0.15) is 51.9 Å². The van der Waals surface area contributed by atoms with Gasteiger partial charge in [-0.2, -0.15) is 0 Å². The highest BCUT2D eigenvalue weighted by Crippen LogP contribution is 2.26. The molecule has 2 fully saturated rings.